The number of aromatic nitrogens is 2. The molecule has 1 saturated heterocycles. The third-order valence-corrected chi connectivity index (χ3v) is 6.43. The van der Waals surface area contributed by atoms with Crippen LogP contribution in [0.25, 0.3) is 21.8 Å². The van der Waals surface area contributed by atoms with Crippen molar-refractivity contribution in [1.82, 2.24) is 14.9 Å². The molecule has 0 aliphatic carbocycles. The summed E-state index contributed by atoms with van der Waals surface area (Å²) >= 11 is 0. The molecule has 1 aliphatic heterocycles. The van der Waals surface area contributed by atoms with Crippen molar-refractivity contribution < 1.29 is 0 Å². The van der Waals surface area contributed by atoms with Crippen LogP contribution >= 0.6 is 0 Å². The lowest BCUT2D eigenvalue weighted by Crippen LogP contribution is -2.34. The van der Waals surface area contributed by atoms with E-state index in [0.717, 1.165) is 37.1 Å². The average molecular weight is 386 g/mol. The maximum absolute atomic E-state index is 12.0. The molecule has 29 heavy (non-hydrogen) atoms. The minimum absolute atomic E-state index is 0.00519. The van der Waals surface area contributed by atoms with Gasteiger partial charge in [0.2, 0.25) is 5.56 Å². The monoisotopic (exact) mass is 385 g/mol. The smallest absolute Gasteiger partial charge is 0.248 e. The van der Waals surface area contributed by atoms with Crippen LogP contribution in [0.15, 0.2) is 59.5 Å². The minimum atomic E-state index is -0.00519. The molecule has 4 nitrogen and oxygen atoms in total. The zero-order valence-electron chi connectivity index (χ0n) is 16.9. The fourth-order valence-electron chi connectivity index (χ4n) is 4.82. The highest BCUT2D eigenvalue weighted by molar-refractivity contribution is 5.84. The number of aryl methyl sites for hydroxylation is 1. The molecular formula is C25H27N3O. The van der Waals surface area contributed by atoms with Crippen LogP contribution in [-0.2, 0) is 6.42 Å². The molecule has 0 atom stereocenters. The lowest BCUT2D eigenvalue weighted by molar-refractivity contribution is 0.215. The van der Waals surface area contributed by atoms with Gasteiger partial charge in [-0.15, -0.1) is 0 Å². The van der Waals surface area contributed by atoms with Gasteiger partial charge in [0, 0.05) is 40.6 Å². The zero-order valence-corrected chi connectivity index (χ0v) is 16.9. The van der Waals surface area contributed by atoms with E-state index >= 15 is 0 Å². The summed E-state index contributed by atoms with van der Waals surface area (Å²) in [6.45, 7) is 5.34. The second kappa shape index (κ2) is 7.53. The van der Waals surface area contributed by atoms with Crippen LogP contribution < -0.4 is 5.56 Å². The number of fused-ring (bicyclic) bond motifs is 2. The summed E-state index contributed by atoms with van der Waals surface area (Å²) in [4.78, 5) is 21.0. The molecular weight excluding hydrogens is 358 g/mol. The Hall–Kier alpha value is -2.85. The summed E-state index contributed by atoms with van der Waals surface area (Å²) in [5.74, 6) is 0.630. The van der Waals surface area contributed by atoms with E-state index in [-0.39, 0.29) is 5.56 Å². The fraction of sp³-hybridized carbons (Fsp3) is 0.320. The molecule has 2 aromatic heterocycles. The number of likely N-dealkylation sites (tertiary alicyclic amines) is 1. The van der Waals surface area contributed by atoms with Gasteiger partial charge in [0.1, 0.15) is 0 Å². The summed E-state index contributed by atoms with van der Waals surface area (Å²) in [7, 11) is 0. The highest BCUT2D eigenvalue weighted by Crippen LogP contribution is 2.33. The van der Waals surface area contributed by atoms with Gasteiger partial charge in [0.05, 0.1) is 0 Å². The lowest BCUT2D eigenvalue weighted by Gasteiger charge is -2.32. The molecule has 4 heteroatoms. The van der Waals surface area contributed by atoms with Gasteiger partial charge in [-0.2, -0.15) is 0 Å². The van der Waals surface area contributed by atoms with Crippen LogP contribution in [0.4, 0.5) is 0 Å². The highest BCUT2D eigenvalue weighted by atomic mass is 16.1. The van der Waals surface area contributed by atoms with Gasteiger partial charge in [-0.3, -0.25) is 4.79 Å². The molecule has 2 aromatic carbocycles. The van der Waals surface area contributed by atoms with Crippen molar-refractivity contribution in [3.05, 3.63) is 81.8 Å². The predicted molar refractivity (Wildman–Crippen MR) is 120 cm³/mol. The van der Waals surface area contributed by atoms with Gasteiger partial charge in [-0.1, -0.05) is 29.8 Å². The van der Waals surface area contributed by atoms with E-state index in [1.165, 1.54) is 40.3 Å². The maximum Gasteiger partial charge on any atom is 0.248 e. The minimum Gasteiger partial charge on any atom is -0.361 e. The first-order valence-corrected chi connectivity index (χ1v) is 10.6. The molecule has 0 radical (unpaired) electrons. The largest absolute Gasteiger partial charge is 0.361 e. The third-order valence-electron chi connectivity index (χ3n) is 6.43. The van der Waals surface area contributed by atoms with E-state index in [1.54, 1.807) is 6.07 Å². The molecule has 0 amide bonds. The van der Waals surface area contributed by atoms with Crippen molar-refractivity contribution in [3.8, 4) is 0 Å². The Balaban J connectivity index is 1.26. The standard InChI is InChI=1S/C25H27N3O/c1-17-6-7-24-21(14-17)19(15-25(29)27-24)10-13-28-11-8-18(9-12-28)22-16-26-23-5-3-2-4-20(22)23/h2-7,14-16,18,26H,8-13H2,1H3,(H,27,29). The second-order valence-corrected chi connectivity index (χ2v) is 8.36. The number of piperidine rings is 1. The average Bonchev–Trinajstić information content (AvgIpc) is 3.17. The number of para-hydroxylation sites is 1. The normalized spacial score (nSPS) is 16.0. The quantitative estimate of drug-likeness (QED) is 0.533. The fourth-order valence-corrected chi connectivity index (χ4v) is 4.82. The molecule has 3 heterocycles. The number of nitrogens with zero attached hydrogens (tertiary/aromatic N) is 1. The van der Waals surface area contributed by atoms with E-state index in [4.69, 9.17) is 0 Å². The Morgan fingerprint density at radius 2 is 1.83 bits per heavy atom. The van der Waals surface area contributed by atoms with Crippen LogP contribution in [0.3, 0.4) is 0 Å². The molecule has 5 rings (SSSR count). The first kappa shape index (κ1) is 18.2. The number of hydrogen-bond donors (Lipinski definition) is 2. The number of hydrogen-bond acceptors (Lipinski definition) is 2. The summed E-state index contributed by atoms with van der Waals surface area (Å²) < 4.78 is 0. The van der Waals surface area contributed by atoms with E-state index in [1.807, 2.05) is 6.07 Å². The Bertz CT molecular complexity index is 1210. The van der Waals surface area contributed by atoms with Crippen LogP contribution in [-0.4, -0.2) is 34.5 Å². The van der Waals surface area contributed by atoms with Crippen molar-refractivity contribution in [3.63, 3.8) is 0 Å². The number of benzene rings is 2. The van der Waals surface area contributed by atoms with Crippen molar-refractivity contribution in [2.45, 2.75) is 32.1 Å². The number of rotatable bonds is 4. The summed E-state index contributed by atoms with van der Waals surface area (Å²) in [6, 6.07) is 16.6. The molecule has 0 spiro atoms. The molecule has 0 saturated carbocycles. The molecule has 1 fully saturated rings. The topological polar surface area (TPSA) is 51.9 Å². The molecule has 0 bridgehead atoms. The molecule has 148 valence electrons. The van der Waals surface area contributed by atoms with E-state index in [9.17, 15) is 4.79 Å². The predicted octanol–water partition coefficient (Wildman–Crippen LogP) is 4.74. The van der Waals surface area contributed by atoms with E-state index in [2.05, 4.69) is 64.4 Å². The van der Waals surface area contributed by atoms with E-state index in [0.29, 0.717) is 5.92 Å². The SMILES string of the molecule is Cc1ccc2[nH]c(=O)cc(CCN3CCC(c4c[nH]c5ccccc45)CC3)c2c1. The number of nitrogens with one attached hydrogen (secondary N) is 2. The third kappa shape index (κ3) is 3.60. The zero-order chi connectivity index (χ0) is 19.8. The van der Waals surface area contributed by atoms with Crippen molar-refractivity contribution in [2.24, 2.45) is 0 Å². The van der Waals surface area contributed by atoms with Crippen LogP contribution in [0.5, 0.6) is 0 Å². The maximum atomic E-state index is 12.0. The first-order chi connectivity index (χ1) is 14.2. The van der Waals surface area contributed by atoms with Crippen molar-refractivity contribution in [2.75, 3.05) is 19.6 Å². The summed E-state index contributed by atoms with van der Waals surface area (Å²) in [5.41, 5.74) is 6.03. The second-order valence-electron chi connectivity index (χ2n) is 8.36. The van der Waals surface area contributed by atoms with E-state index < -0.39 is 0 Å². The number of pyridine rings is 1. The Labute approximate surface area is 170 Å². The first-order valence-electron chi connectivity index (χ1n) is 10.6. The molecule has 4 aromatic rings. The highest BCUT2D eigenvalue weighted by Gasteiger charge is 2.22. The Kier molecular flexibility index (Phi) is 4.72. The van der Waals surface area contributed by atoms with Gasteiger partial charge in [0.15, 0.2) is 0 Å². The Morgan fingerprint density at radius 3 is 2.69 bits per heavy atom. The lowest BCUT2D eigenvalue weighted by atomic mass is 9.89. The van der Waals surface area contributed by atoms with Gasteiger partial charge < -0.3 is 14.9 Å². The summed E-state index contributed by atoms with van der Waals surface area (Å²) in [5, 5.41) is 2.55. The van der Waals surface area contributed by atoms with Crippen LogP contribution in [0.2, 0.25) is 0 Å². The molecule has 0 unspecified atom stereocenters. The van der Waals surface area contributed by atoms with Gasteiger partial charge in [0.25, 0.3) is 0 Å². The number of H-pyrrole nitrogens is 2. The molecule has 2 N–H and O–H groups in total. The Morgan fingerprint density at radius 1 is 1.00 bits per heavy atom. The molecule has 1 aliphatic rings. The van der Waals surface area contributed by atoms with Crippen molar-refractivity contribution in [1.29, 1.82) is 0 Å². The van der Waals surface area contributed by atoms with Gasteiger partial charge in [-0.25, -0.2) is 0 Å². The van der Waals surface area contributed by atoms with Crippen LogP contribution in [0.1, 0.15) is 35.4 Å². The number of aromatic amines is 2. The van der Waals surface area contributed by atoms with Gasteiger partial charge >= 0.3 is 0 Å². The van der Waals surface area contributed by atoms with Crippen LogP contribution in [0, 0.1) is 6.92 Å². The van der Waals surface area contributed by atoms with Crippen molar-refractivity contribution >= 4 is 21.8 Å². The van der Waals surface area contributed by atoms with Gasteiger partial charge in [-0.05, 0) is 74.5 Å². The summed E-state index contributed by atoms with van der Waals surface area (Å²) in [6.07, 6.45) is 5.51.